The Morgan fingerprint density at radius 3 is 2.53 bits per heavy atom. The maximum absolute atomic E-state index is 12.6. The summed E-state index contributed by atoms with van der Waals surface area (Å²) in [6, 6.07) is 5.82. The predicted octanol–water partition coefficient (Wildman–Crippen LogP) is 1.51. The smallest absolute Gasteiger partial charge is 0.305 e. The Morgan fingerprint density at radius 1 is 1.29 bits per heavy atom. The second-order valence-electron chi connectivity index (χ2n) is 3.24. The van der Waals surface area contributed by atoms with Gasteiger partial charge in [0.25, 0.3) is 0 Å². The second kappa shape index (κ2) is 6.90. The molecule has 0 aliphatic carbocycles. The number of thioether (sulfide) groups is 1. The van der Waals surface area contributed by atoms with Crippen molar-refractivity contribution in [3.63, 3.8) is 0 Å². The standard InChI is InChI=1S/C11H12FNO3S/c12-8-1-3-9(4-2-8)17-7-10(14)13-6-5-11(15)16/h1-4H,5-7H2,(H,13,14)(H,15,16). The molecule has 1 aromatic rings. The van der Waals surface area contributed by atoms with Gasteiger partial charge < -0.3 is 10.4 Å². The molecule has 2 N–H and O–H groups in total. The highest BCUT2D eigenvalue weighted by Crippen LogP contribution is 2.17. The lowest BCUT2D eigenvalue weighted by molar-refractivity contribution is -0.136. The zero-order valence-corrected chi connectivity index (χ0v) is 9.80. The molecule has 92 valence electrons. The van der Waals surface area contributed by atoms with Crippen LogP contribution in [0.1, 0.15) is 6.42 Å². The van der Waals surface area contributed by atoms with Crippen molar-refractivity contribution in [2.45, 2.75) is 11.3 Å². The fourth-order valence-electron chi connectivity index (χ4n) is 1.04. The van der Waals surface area contributed by atoms with Crippen molar-refractivity contribution >= 4 is 23.6 Å². The van der Waals surface area contributed by atoms with E-state index in [2.05, 4.69) is 5.32 Å². The number of carboxylic acids is 1. The summed E-state index contributed by atoms with van der Waals surface area (Å²) in [5, 5.41) is 10.8. The van der Waals surface area contributed by atoms with Gasteiger partial charge in [-0.25, -0.2) is 4.39 Å². The number of nitrogens with one attached hydrogen (secondary N) is 1. The lowest BCUT2D eigenvalue weighted by Gasteiger charge is -2.03. The molecule has 1 amide bonds. The molecule has 0 saturated heterocycles. The van der Waals surface area contributed by atoms with Gasteiger partial charge in [-0.1, -0.05) is 0 Å². The number of carbonyl (C=O) groups is 2. The number of halogens is 1. The summed E-state index contributed by atoms with van der Waals surface area (Å²) in [7, 11) is 0. The number of benzene rings is 1. The number of hydrogen-bond acceptors (Lipinski definition) is 3. The topological polar surface area (TPSA) is 66.4 Å². The molecule has 4 nitrogen and oxygen atoms in total. The molecule has 1 rings (SSSR count). The van der Waals surface area contributed by atoms with E-state index in [4.69, 9.17) is 5.11 Å². The van der Waals surface area contributed by atoms with E-state index in [1.807, 2.05) is 0 Å². The van der Waals surface area contributed by atoms with Gasteiger partial charge in [0, 0.05) is 11.4 Å². The van der Waals surface area contributed by atoms with Crippen LogP contribution >= 0.6 is 11.8 Å². The van der Waals surface area contributed by atoms with Gasteiger partial charge in [-0.15, -0.1) is 11.8 Å². The zero-order valence-electron chi connectivity index (χ0n) is 8.98. The van der Waals surface area contributed by atoms with E-state index in [-0.39, 0.29) is 30.4 Å². The first-order valence-electron chi connectivity index (χ1n) is 4.95. The first kappa shape index (κ1) is 13.5. The van der Waals surface area contributed by atoms with Crippen LogP contribution in [0.4, 0.5) is 4.39 Å². The molecule has 0 fully saturated rings. The first-order valence-corrected chi connectivity index (χ1v) is 5.93. The van der Waals surface area contributed by atoms with Crippen LogP contribution in [0.5, 0.6) is 0 Å². The number of rotatable bonds is 6. The van der Waals surface area contributed by atoms with Crippen LogP contribution in [-0.4, -0.2) is 29.3 Å². The van der Waals surface area contributed by atoms with Crippen molar-refractivity contribution in [1.82, 2.24) is 5.32 Å². The minimum absolute atomic E-state index is 0.0903. The van der Waals surface area contributed by atoms with Gasteiger partial charge in [-0.05, 0) is 24.3 Å². The number of carbonyl (C=O) groups excluding carboxylic acids is 1. The summed E-state index contributed by atoms with van der Waals surface area (Å²) in [6.07, 6.45) is -0.0903. The SMILES string of the molecule is O=C(O)CCNC(=O)CSc1ccc(F)cc1. The van der Waals surface area contributed by atoms with Gasteiger partial charge >= 0.3 is 5.97 Å². The van der Waals surface area contributed by atoms with Crippen molar-refractivity contribution in [2.24, 2.45) is 0 Å². The van der Waals surface area contributed by atoms with Crippen LogP contribution in [0.3, 0.4) is 0 Å². The predicted molar refractivity (Wildman–Crippen MR) is 62.4 cm³/mol. The van der Waals surface area contributed by atoms with Crippen LogP contribution in [-0.2, 0) is 9.59 Å². The van der Waals surface area contributed by atoms with Gasteiger partial charge in [0.15, 0.2) is 0 Å². The van der Waals surface area contributed by atoms with Crippen LogP contribution in [0, 0.1) is 5.82 Å². The monoisotopic (exact) mass is 257 g/mol. The molecule has 0 unspecified atom stereocenters. The molecule has 0 aliphatic rings. The van der Waals surface area contributed by atoms with E-state index in [0.29, 0.717) is 0 Å². The van der Waals surface area contributed by atoms with E-state index in [0.717, 1.165) is 4.90 Å². The molecule has 0 saturated carbocycles. The number of aliphatic carboxylic acids is 1. The van der Waals surface area contributed by atoms with Gasteiger partial charge in [0.2, 0.25) is 5.91 Å². The van der Waals surface area contributed by atoms with Crippen LogP contribution in [0.2, 0.25) is 0 Å². The molecule has 0 spiro atoms. The van der Waals surface area contributed by atoms with Crippen molar-refractivity contribution in [3.8, 4) is 0 Å². The maximum atomic E-state index is 12.6. The largest absolute Gasteiger partial charge is 0.481 e. The molecular formula is C11H12FNO3S. The van der Waals surface area contributed by atoms with Crippen molar-refractivity contribution in [1.29, 1.82) is 0 Å². The summed E-state index contributed by atoms with van der Waals surface area (Å²) in [5.74, 6) is -1.32. The van der Waals surface area contributed by atoms with E-state index < -0.39 is 5.97 Å². The fraction of sp³-hybridized carbons (Fsp3) is 0.273. The van der Waals surface area contributed by atoms with Crippen molar-refractivity contribution < 1.29 is 19.1 Å². The van der Waals surface area contributed by atoms with Crippen LogP contribution in [0.25, 0.3) is 0 Å². The van der Waals surface area contributed by atoms with Crippen molar-refractivity contribution in [3.05, 3.63) is 30.1 Å². The van der Waals surface area contributed by atoms with E-state index in [1.165, 1.54) is 23.9 Å². The van der Waals surface area contributed by atoms with Crippen LogP contribution < -0.4 is 5.32 Å². The summed E-state index contributed by atoms with van der Waals surface area (Å²) >= 11 is 1.27. The number of amides is 1. The van der Waals surface area contributed by atoms with Gasteiger partial charge in [-0.3, -0.25) is 9.59 Å². The molecule has 0 bridgehead atoms. The van der Waals surface area contributed by atoms with Crippen molar-refractivity contribution in [2.75, 3.05) is 12.3 Å². The lowest BCUT2D eigenvalue weighted by Crippen LogP contribution is -2.27. The highest BCUT2D eigenvalue weighted by Gasteiger charge is 2.03. The Kier molecular flexibility index (Phi) is 5.48. The van der Waals surface area contributed by atoms with Gasteiger partial charge in [-0.2, -0.15) is 0 Å². The second-order valence-corrected chi connectivity index (χ2v) is 4.29. The molecule has 0 aromatic heterocycles. The molecule has 6 heteroatoms. The molecule has 0 heterocycles. The number of hydrogen-bond donors (Lipinski definition) is 2. The van der Waals surface area contributed by atoms with Gasteiger partial charge in [0.1, 0.15) is 5.82 Å². The summed E-state index contributed by atoms with van der Waals surface area (Å²) in [6.45, 7) is 0.123. The Bertz CT molecular complexity index is 394. The fourth-order valence-corrected chi connectivity index (χ4v) is 1.77. The molecule has 0 aliphatic heterocycles. The van der Waals surface area contributed by atoms with Crippen LogP contribution in [0.15, 0.2) is 29.2 Å². The summed E-state index contributed by atoms with van der Waals surface area (Å²) < 4.78 is 12.6. The van der Waals surface area contributed by atoms with E-state index >= 15 is 0 Å². The Morgan fingerprint density at radius 2 is 1.94 bits per heavy atom. The third-order valence-corrected chi connectivity index (χ3v) is 2.86. The summed E-state index contributed by atoms with van der Waals surface area (Å²) in [4.78, 5) is 22.3. The average Bonchev–Trinajstić information content (AvgIpc) is 2.28. The zero-order chi connectivity index (χ0) is 12.7. The normalized spacial score (nSPS) is 9.94. The lowest BCUT2D eigenvalue weighted by atomic mass is 10.4. The highest BCUT2D eigenvalue weighted by atomic mass is 32.2. The quantitative estimate of drug-likeness (QED) is 0.758. The Balaban J connectivity index is 2.23. The molecule has 1 aromatic carbocycles. The minimum atomic E-state index is -0.948. The molecule has 17 heavy (non-hydrogen) atoms. The molecule has 0 radical (unpaired) electrons. The third kappa shape index (κ3) is 5.91. The minimum Gasteiger partial charge on any atom is -0.481 e. The van der Waals surface area contributed by atoms with Gasteiger partial charge in [0.05, 0.1) is 12.2 Å². The first-order chi connectivity index (χ1) is 8.08. The van der Waals surface area contributed by atoms with E-state index in [1.54, 1.807) is 12.1 Å². The Hall–Kier alpha value is -1.56. The third-order valence-electron chi connectivity index (χ3n) is 1.84. The molecule has 0 atom stereocenters. The van der Waals surface area contributed by atoms with E-state index in [9.17, 15) is 14.0 Å². The summed E-state index contributed by atoms with van der Waals surface area (Å²) in [5.41, 5.74) is 0. The highest BCUT2D eigenvalue weighted by molar-refractivity contribution is 8.00. The average molecular weight is 257 g/mol. The number of carboxylic acid groups (broad SMARTS) is 1. The maximum Gasteiger partial charge on any atom is 0.305 e. The Labute approximate surface area is 102 Å². The molecular weight excluding hydrogens is 245 g/mol.